The molecule has 90 valence electrons. The predicted octanol–water partition coefficient (Wildman–Crippen LogP) is 2.47. The molecule has 0 aromatic heterocycles. The lowest BCUT2D eigenvalue weighted by Gasteiger charge is -2.26. The zero-order valence-corrected chi connectivity index (χ0v) is 11.1. The fourth-order valence-electron chi connectivity index (χ4n) is 2.52. The minimum atomic E-state index is 0.233. The van der Waals surface area contributed by atoms with Gasteiger partial charge in [0.25, 0.3) is 0 Å². The van der Waals surface area contributed by atoms with E-state index in [1.807, 2.05) is 24.3 Å². The lowest BCUT2D eigenvalue weighted by Crippen LogP contribution is -2.37. The molecule has 17 heavy (non-hydrogen) atoms. The zero-order valence-electron chi connectivity index (χ0n) is 9.47. The lowest BCUT2D eigenvalue weighted by molar-refractivity contribution is 0.145. The van der Waals surface area contributed by atoms with Gasteiger partial charge in [-0.1, -0.05) is 12.1 Å². The average molecular weight is 295 g/mol. The molecule has 3 atom stereocenters. The first kappa shape index (κ1) is 11.2. The van der Waals surface area contributed by atoms with Crippen molar-refractivity contribution in [3.63, 3.8) is 0 Å². The standard InChI is InChI=1S/C13H15BrN2O/c14-10-4-2-1-3-9(10)13-16-11-7-8(15)5-6-12(11)17-13/h1-4,8,11-12H,5-7,15H2. The summed E-state index contributed by atoms with van der Waals surface area (Å²) in [6.45, 7) is 0. The summed E-state index contributed by atoms with van der Waals surface area (Å²) in [6, 6.07) is 8.56. The van der Waals surface area contributed by atoms with Gasteiger partial charge in [0.05, 0.1) is 11.6 Å². The summed E-state index contributed by atoms with van der Waals surface area (Å²) >= 11 is 3.53. The van der Waals surface area contributed by atoms with E-state index in [9.17, 15) is 0 Å². The van der Waals surface area contributed by atoms with Crippen molar-refractivity contribution in [2.24, 2.45) is 10.7 Å². The van der Waals surface area contributed by atoms with E-state index < -0.39 is 0 Å². The van der Waals surface area contributed by atoms with Crippen molar-refractivity contribution in [1.82, 2.24) is 0 Å². The number of ether oxygens (including phenoxy) is 1. The Kier molecular flexibility index (Phi) is 2.92. The number of fused-ring (bicyclic) bond motifs is 1. The van der Waals surface area contributed by atoms with Gasteiger partial charge in [-0.15, -0.1) is 0 Å². The highest BCUT2D eigenvalue weighted by Gasteiger charge is 2.36. The summed E-state index contributed by atoms with van der Waals surface area (Å²) in [5.74, 6) is 0.765. The van der Waals surface area contributed by atoms with Crippen molar-refractivity contribution >= 4 is 21.8 Å². The Labute approximate surface area is 109 Å². The molecule has 2 N–H and O–H groups in total. The van der Waals surface area contributed by atoms with E-state index in [-0.39, 0.29) is 18.2 Å². The maximum absolute atomic E-state index is 5.97. The van der Waals surface area contributed by atoms with E-state index in [0.717, 1.165) is 35.2 Å². The summed E-state index contributed by atoms with van der Waals surface area (Å²) < 4.78 is 6.97. The topological polar surface area (TPSA) is 47.6 Å². The Morgan fingerprint density at radius 2 is 2.12 bits per heavy atom. The minimum absolute atomic E-state index is 0.233. The van der Waals surface area contributed by atoms with Gasteiger partial charge in [0.15, 0.2) is 0 Å². The fraction of sp³-hybridized carbons (Fsp3) is 0.462. The first-order valence-corrected chi connectivity index (χ1v) is 6.78. The van der Waals surface area contributed by atoms with Gasteiger partial charge < -0.3 is 10.5 Å². The van der Waals surface area contributed by atoms with Gasteiger partial charge >= 0.3 is 0 Å². The number of hydrogen-bond acceptors (Lipinski definition) is 3. The maximum Gasteiger partial charge on any atom is 0.217 e. The molecule has 3 rings (SSSR count). The fourth-order valence-corrected chi connectivity index (χ4v) is 2.97. The second-order valence-electron chi connectivity index (χ2n) is 4.71. The Morgan fingerprint density at radius 1 is 1.29 bits per heavy atom. The van der Waals surface area contributed by atoms with Crippen molar-refractivity contribution in [2.75, 3.05) is 0 Å². The molecule has 1 aromatic carbocycles. The summed E-state index contributed by atoms with van der Waals surface area (Å²) in [5, 5.41) is 0. The molecule has 0 spiro atoms. The van der Waals surface area contributed by atoms with Crippen LogP contribution in [0, 0.1) is 0 Å². The monoisotopic (exact) mass is 294 g/mol. The second kappa shape index (κ2) is 4.42. The van der Waals surface area contributed by atoms with Gasteiger partial charge in [-0.3, -0.25) is 0 Å². The molecule has 1 saturated carbocycles. The van der Waals surface area contributed by atoms with Crippen LogP contribution in [0.5, 0.6) is 0 Å². The van der Waals surface area contributed by atoms with Crippen LogP contribution >= 0.6 is 15.9 Å². The van der Waals surface area contributed by atoms with E-state index in [0.29, 0.717) is 0 Å². The van der Waals surface area contributed by atoms with Crippen molar-refractivity contribution in [1.29, 1.82) is 0 Å². The molecule has 0 bridgehead atoms. The highest BCUT2D eigenvalue weighted by Crippen LogP contribution is 2.31. The summed E-state index contributed by atoms with van der Waals surface area (Å²) in [7, 11) is 0. The van der Waals surface area contributed by atoms with Gasteiger partial charge in [-0.25, -0.2) is 4.99 Å². The SMILES string of the molecule is NC1CCC2OC(c3ccccc3Br)=NC2C1. The molecular weight excluding hydrogens is 280 g/mol. The molecule has 3 nitrogen and oxygen atoms in total. The minimum Gasteiger partial charge on any atom is -0.472 e. The predicted molar refractivity (Wildman–Crippen MR) is 71.2 cm³/mol. The molecule has 1 aromatic rings. The number of nitrogens with two attached hydrogens (primary N) is 1. The van der Waals surface area contributed by atoms with Gasteiger partial charge in [0.1, 0.15) is 6.10 Å². The third kappa shape index (κ3) is 2.11. The Bertz CT molecular complexity index is 460. The van der Waals surface area contributed by atoms with Crippen LogP contribution in [0.4, 0.5) is 0 Å². The molecule has 1 aliphatic carbocycles. The van der Waals surface area contributed by atoms with E-state index in [1.165, 1.54) is 0 Å². The van der Waals surface area contributed by atoms with Gasteiger partial charge in [-0.05, 0) is 47.3 Å². The number of rotatable bonds is 1. The summed E-state index contributed by atoms with van der Waals surface area (Å²) in [6.07, 6.45) is 3.24. The lowest BCUT2D eigenvalue weighted by atomic mass is 9.90. The van der Waals surface area contributed by atoms with Crippen LogP contribution in [0.3, 0.4) is 0 Å². The molecule has 2 aliphatic rings. The van der Waals surface area contributed by atoms with Crippen LogP contribution in [0.2, 0.25) is 0 Å². The molecule has 4 heteroatoms. The van der Waals surface area contributed by atoms with E-state index in [4.69, 9.17) is 10.5 Å². The van der Waals surface area contributed by atoms with Crippen molar-refractivity contribution in [2.45, 2.75) is 37.5 Å². The molecular formula is C13H15BrN2O. The maximum atomic E-state index is 5.97. The van der Waals surface area contributed by atoms with Gasteiger partial charge in [0.2, 0.25) is 5.90 Å². The zero-order chi connectivity index (χ0) is 11.8. The molecule has 3 unspecified atom stereocenters. The van der Waals surface area contributed by atoms with Gasteiger partial charge in [0, 0.05) is 10.5 Å². The van der Waals surface area contributed by atoms with Crippen molar-refractivity contribution < 1.29 is 4.74 Å². The van der Waals surface area contributed by atoms with E-state index in [2.05, 4.69) is 20.9 Å². The van der Waals surface area contributed by atoms with Crippen LogP contribution in [-0.2, 0) is 4.74 Å². The highest BCUT2D eigenvalue weighted by atomic mass is 79.9. The Balaban J connectivity index is 1.87. The van der Waals surface area contributed by atoms with Crippen molar-refractivity contribution in [3.8, 4) is 0 Å². The van der Waals surface area contributed by atoms with Gasteiger partial charge in [-0.2, -0.15) is 0 Å². The van der Waals surface area contributed by atoms with Crippen LogP contribution in [0.15, 0.2) is 33.7 Å². The van der Waals surface area contributed by atoms with Crippen LogP contribution in [-0.4, -0.2) is 24.1 Å². The third-order valence-electron chi connectivity index (χ3n) is 3.45. The first-order chi connectivity index (χ1) is 8.24. The normalized spacial score (nSPS) is 31.6. The molecule has 0 radical (unpaired) electrons. The third-order valence-corrected chi connectivity index (χ3v) is 4.14. The van der Waals surface area contributed by atoms with E-state index in [1.54, 1.807) is 0 Å². The molecule has 0 amide bonds. The number of hydrogen-bond donors (Lipinski definition) is 1. The quantitative estimate of drug-likeness (QED) is 0.865. The molecule has 1 fully saturated rings. The smallest absolute Gasteiger partial charge is 0.217 e. The number of aliphatic imine (C=N–C) groups is 1. The average Bonchev–Trinajstić information content (AvgIpc) is 2.72. The molecule has 1 aliphatic heterocycles. The van der Waals surface area contributed by atoms with E-state index >= 15 is 0 Å². The first-order valence-electron chi connectivity index (χ1n) is 5.99. The van der Waals surface area contributed by atoms with Crippen LogP contribution in [0.25, 0.3) is 0 Å². The molecule has 0 saturated heterocycles. The number of nitrogens with zero attached hydrogens (tertiary/aromatic N) is 1. The number of benzene rings is 1. The Morgan fingerprint density at radius 3 is 2.94 bits per heavy atom. The highest BCUT2D eigenvalue weighted by molar-refractivity contribution is 9.10. The van der Waals surface area contributed by atoms with Crippen LogP contribution in [0.1, 0.15) is 24.8 Å². The Hall–Kier alpha value is -0.870. The summed E-state index contributed by atoms with van der Waals surface area (Å²) in [5.41, 5.74) is 7.01. The van der Waals surface area contributed by atoms with Crippen molar-refractivity contribution in [3.05, 3.63) is 34.3 Å². The number of halogens is 1. The second-order valence-corrected chi connectivity index (χ2v) is 5.57. The summed E-state index contributed by atoms with van der Waals surface area (Å²) in [4.78, 5) is 4.68. The van der Waals surface area contributed by atoms with Crippen LogP contribution < -0.4 is 5.73 Å². The largest absolute Gasteiger partial charge is 0.472 e. The molecule has 1 heterocycles.